The van der Waals surface area contributed by atoms with Gasteiger partial charge in [-0.1, -0.05) is 157 Å². The number of carbonyl (C=O) groups excluding carboxylic acids is 2. The van der Waals surface area contributed by atoms with E-state index in [2.05, 4.69) is 15.5 Å². The summed E-state index contributed by atoms with van der Waals surface area (Å²) in [5.74, 6) is -1.38. The van der Waals surface area contributed by atoms with Crippen LogP contribution < -0.4 is 5.32 Å². The van der Waals surface area contributed by atoms with Crippen molar-refractivity contribution in [1.29, 1.82) is 0 Å². The first-order chi connectivity index (χ1) is 28.8. The van der Waals surface area contributed by atoms with Crippen molar-refractivity contribution in [1.82, 2.24) is 4.98 Å². The number of nitrogens with one attached hydrogen (secondary N) is 1. The minimum atomic E-state index is -1.41. The second-order valence-electron chi connectivity index (χ2n) is 13.3. The maximum Gasteiger partial charge on any atom is 0.360 e. The highest BCUT2D eigenvalue weighted by Gasteiger charge is 2.38. The number of oxime groups is 1. The summed E-state index contributed by atoms with van der Waals surface area (Å²) in [7, 11) is 0. The van der Waals surface area contributed by atoms with Gasteiger partial charge >= 0.3 is 11.9 Å². The summed E-state index contributed by atoms with van der Waals surface area (Å²) in [4.78, 5) is 47.7. The summed E-state index contributed by atoms with van der Waals surface area (Å²) in [6.45, 7) is 0.679. The summed E-state index contributed by atoms with van der Waals surface area (Å²) >= 11 is 1.20. The fraction of sp³-hybridized carbons (Fsp3) is 0.106. The van der Waals surface area contributed by atoms with Crippen LogP contribution in [0.4, 0.5) is 5.13 Å². The number of aliphatic hydroxyl groups is 1. The molecule has 1 aliphatic carbocycles. The molecule has 294 valence electrons. The van der Waals surface area contributed by atoms with Crippen LogP contribution in [-0.4, -0.2) is 51.5 Å². The second kappa shape index (κ2) is 18.3. The van der Waals surface area contributed by atoms with E-state index < -0.39 is 53.5 Å². The van der Waals surface area contributed by atoms with Gasteiger partial charge in [0.25, 0.3) is 0 Å². The number of anilines is 1. The van der Waals surface area contributed by atoms with Crippen molar-refractivity contribution in [2.45, 2.75) is 24.7 Å². The SMILES string of the molecule is CC(=O)OC1=C(O)C=C(CON=C(C(=O)O)c2csc(NC(c3ccccc3)(c3ccccc3)c3ccccc3)n2)C(OC(c2ccccc2)c2ccccc2)C1=C=O. The van der Waals surface area contributed by atoms with Gasteiger partial charge in [-0.05, 0) is 33.9 Å². The highest BCUT2D eigenvalue weighted by atomic mass is 32.1. The monoisotopic (exact) mass is 803 g/mol. The molecule has 0 fully saturated rings. The van der Waals surface area contributed by atoms with Crippen molar-refractivity contribution in [3.63, 3.8) is 0 Å². The van der Waals surface area contributed by atoms with Crippen molar-refractivity contribution in [2.75, 3.05) is 11.9 Å². The Labute approximate surface area is 343 Å². The molecule has 1 heterocycles. The Morgan fingerprint density at radius 2 is 1.31 bits per heavy atom. The van der Waals surface area contributed by atoms with Gasteiger partial charge in [-0.2, -0.15) is 0 Å². The number of hydrogen-bond donors (Lipinski definition) is 3. The second-order valence-corrected chi connectivity index (χ2v) is 14.1. The van der Waals surface area contributed by atoms with Gasteiger partial charge in [-0.25, -0.2) is 14.6 Å². The van der Waals surface area contributed by atoms with Crippen LogP contribution in [0.15, 0.2) is 191 Å². The van der Waals surface area contributed by atoms with Crippen LogP contribution in [0.2, 0.25) is 0 Å². The Hall–Kier alpha value is -7.37. The lowest BCUT2D eigenvalue weighted by atomic mass is 9.77. The van der Waals surface area contributed by atoms with Crippen molar-refractivity contribution < 1.29 is 38.9 Å². The van der Waals surface area contributed by atoms with E-state index in [1.165, 1.54) is 17.4 Å². The number of nitrogens with zero attached hydrogens (tertiary/aromatic N) is 2. The number of carboxylic acid groups (broad SMARTS) is 1. The van der Waals surface area contributed by atoms with Crippen LogP contribution in [0.25, 0.3) is 0 Å². The molecule has 0 saturated heterocycles. The Balaban J connectivity index is 1.21. The average molecular weight is 804 g/mol. The molecule has 0 amide bonds. The largest absolute Gasteiger partial charge is 0.504 e. The maximum atomic E-state index is 12.7. The van der Waals surface area contributed by atoms with Crippen LogP contribution in [0, 0.1) is 0 Å². The van der Waals surface area contributed by atoms with Gasteiger partial charge in [0.15, 0.2) is 16.6 Å². The molecule has 1 aliphatic rings. The average Bonchev–Trinajstić information content (AvgIpc) is 3.73. The summed E-state index contributed by atoms with van der Waals surface area (Å²) in [6.07, 6.45) is -0.792. The van der Waals surface area contributed by atoms with Gasteiger partial charge in [-0.3, -0.25) is 4.79 Å². The Morgan fingerprint density at radius 1 is 0.814 bits per heavy atom. The third-order valence-corrected chi connectivity index (χ3v) is 10.2. The quantitative estimate of drug-likeness (QED) is 0.0302. The summed E-state index contributed by atoms with van der Waals surface area (Å²) in [5.41, 5.74) is 2.77. The van der Waals surface area contributed by atoms with E-state index in [0.29, 0.717) is 5.13 Å². The molecule has 0 saturated carbocycles. The summed E-state index contributed by atoms with van der Waals surface area (Å²) in [5, 5.41) is 30.9. The molecule has 5 aromatic carbocycles. The number of esters is 1. The molecule has 6 aromatic rings. The molecule has 0 spiro atoms. The zero-order valence-corrected chi connectivity index (χ0v) is 32.4. The lowest BCUT2D eigenvalue weighted by molar-refractivity contribution is -0.137. The van der Waals surface area contributed by atoms with Gasteiger partial charge < -0.3 is 29.8 Å². The van der Waals surface area contributed by atoms with Gasteiger partial charge in [0.1, 0.15) is 41.6 Å². The van der Waals surface area contributed by atoms with E-state index in [4.69, 9.17) is 14.3 Å². The number of aliphatic carboxylic acids is 1. The molecule has 0 bridgehead atoms. The Bertz CT molecular complexity index is 2420. The Kier molecular flexibility index (Phi) is 12.3. The van der Waals surface area contributed by atoms with Crippen LogP contribution >= 0.6 is 11.3 Å². The number of ether oxygens (including phenoxy) is 2. The molecule has 1 aromatic heterocycles. The number of allylic oxidation sites excluding steroid dienone is 1. The zero-order chi connectivity index (χ0) is 41.2. The van der Waals surface area contributed by atoms with Crippen LogP contribution in [-0.2, 0) is 34.2 Å². The fourth-order valence-electron chi connectivity index (χ4n) is 6.87. The van der Waals surface area contributed by atoms with E-state index in [9.17, 15) is 24.6 Å². The van der Waals surface area contributed by atoms with Crippen LogP contribution in [0.1, 0.15) is 46.5 Å². The summed E-state index contributed by atoms with van der Waals surface area (Å²) in [6, 6.07) is 48.2. The van der Waals surface area contributed by atoms with Crippen molar-refractivity contribution in [2.24, 2.45) is 5.16 Å². The third kappa shape index (κ3) is 8.80. The number of carbonyl (C=O) groups is 2. The predicted octanol–water partition coefficient (Wildman–Crippen LogP) is 8.56. The molecule has 1 atom stereocenters. The van der Waals surface area contributed by atoms with E-state index in [1.54, 1.807) is 11.3 Å². The van der Waals surface area contributed by atoms with E-state index in [1.807, 2.05) is 152 Å². The van der Waals surface area contributed by atoms with Crippen LogP contribution in [0.5, 0.6) is 0 Å². The minimum Gasteiger partial charge on any atom is -0.504 e. The molecular weight excluding hydrogens is 767 g/mol. The zero-order valence-electron chi connectivity index (χ0n) is 31.6. The standard InChI is InChI=1S/C47H37N3O8S/c1-31(52)57-44-38(28-51)43(58-42(32-17-7-2-8-18-32)33-19-9-3-10-20-33)34(27-40(44)53)29-56-50-41(45(54)55)39-30-59-46(48-39)49-47(35-21-11-4-12-22-35,36-23-13-5-14-24-36)37-25-15-6-16-26-37/h2-27,30,42-43,53H,29H2,1H3,(H,48,49)(H,54,55). The predicted molar refractivity (Wildman–Crippen MR) is 223 cm³/mol. The molecule has 12 heteroatoms. The van der Waals surface area contributed by atoms with E-state index >= 15 is 0 Å². The molecule has 59 heavy (non-hydrogen) atoms. The lowest BCUT2D eigenvalue weighted by Gasteiger charge is -2.36. The minimum absolute atomic E-state index is 0.0279. The van der Waals surface area contributed by atoms with Crippen molar-refractivity contribution >= 4 is 40.1 Å². The van der Waals surface area contributed by atoms with Crippen LogP contribution in [0.3, 0.4) is 0 Å². The van der Waals surface area contributed by atoms with Gasteiger partial charge in [0.2, 0.25) is 5.71 Å². The number of rotatable bonds is 15. The number of carboxylic acids is 1. The number of thiazole rings is 1. The summed E-state index contributed by atoms with van der Waals surface area (Å²) < 4.78 is 11.9. The number of hydrogen-bond acceptors (Lipinski definition) is 11. The molecule has 1 unspecified atom stereocenters. The van der Waals surface area contributed by atoms with Gasteiger partial charge in [0.05, 0.1) is 0 Å². The highest BCUT2D eigenvalue weighted by Crippen LogP contribution is 2.41. The number of benzene rings is 5. The molecule has 0 radical (unpaired) electrons. The Morgan fingerprint density at radius 3 is 1.76 bits per heavy atom. The van der Waals surface area contributed by atoms with Gasteiger partial charge in [-0.15, -0.1) is 11.3 Å². The first kappa shape index (κ1) is 39.8. The molecule has 11 nitrogen and oxygen atoms in total. The fourth-order valence-corrected chi connectivity index (χ4v) is 7.62. The molecule has 3 N–H and O–H groups in total. The first-order valence-corrected chi connectivity index (χ1v) is 19.3. The van der Waals surface area contributed by atoms with Crippen molar-refractivity contribution in [3.05, 3.63) is 219 Å². The lowest BCUT2D eigenvalue weighted by Crippen LogP contribution is -2.38. The number of aromatic nitrogens is 1. The first-order valence-electron chi connectivity index (χ1n) is 18.4. The number of aliphatic hydroxyl groups excluding tert-OH is 1. The smallest absolute Gasteiger partial charge is 0.360 e. The normalized spacial score (nSPS) is 14.3. The highest BCUT2D eigenvalue weighted by molar-refractivity contribution is 7.14. The molecule has 7 rings (SSSR count). The van der Waals surface area contributed by atoms with Gasteiger partial charge in [0, 0.05) is 17.9 Å². The molecular formula is C47H37N3O8S. The van der Waals surface area contributed by atoms with E-state index in [0.717, 1.165) is 34.7 Å². The van der Waals surface area contributed by atoms with E-state index in [-0.39, 0.29) is 16.8 Å². The van der Waals surface area contributed by atoms with Crippen molar-refractivity contribution in [3.8, 4) is 0 Å². The molecule has 0 aliphatic heterocycles. The third-order valence-electron chi connectivity index (χ3n) is 9.48. The topological polar surface area (TPSA) is 157 Å². The maximum absolute atomic E-state index is 12.7.